The molecule has 0 radical (unpaired) electrons. The standard InChI is InChI=1S/C14H27N3O/c1-2-9-17(13-5-7-15-8-6-13)11-14(18)16-10-12-3-4-12/h12-13,15H,2-11H2,1H3,(H,16,18). The third-order valence-electron chi connectivity index (χ3n) is 3.97. The molecule has 2 N–H and O–H groups in total. The van der Waals surface area contributed by atoms with Crippen molar-refractivity contribution in [2.45, 2.75) is 45.1 Å². The van der Waals surface area contributed by atoms with Gasteiger partial charge >= 0.3 is 0 Å². The smallest absolute Gasteiger partial charge is 0.234 e. The van der Waals surface area contributed by atoms with Gasteiger partial charge in [-0.25, -0.2) is 0 Å². The Morgan fingerprint density at radius 3 is 2.61 bits per heavy atom. The molecule has 1 saturated carbocycles. The first-order chi connectivity index (χ1) is 8.79. The van der Waals surface area contributed by atoms with Crippen molar-refractivity contribution in [1.29, 1.82) is 0 Å². The zero-order valence-corrected chi connectivity index (χ0v) is 11.6. The quantitative estimate of drug-likeness (QED) is 0.711. The zero-order chi connectivity index (χ0) is 12.8. The van der Waals surface area contributed by atoms with E-state index in [1.54, 1.807) is 0 Å². The van der Waals surface area contributed by atoms with Crippen LogP contribution >= 0.6 is 0 Å². The fraction of sp³-hybridized carbons (Fsp3) is 0.929. The van der Waals surface area contributed by atoms with Gasteiger partial charge in [0.05, 0.1) is 6.54 Å². The molecule has 0 aromatic carbocycles. The normalized spacial score (nSPS) is 21.2. The van der Waals surface area contributed by atoms with E-state index in [0.717, 1.165) is 38.5 Å². The maximum Gasteiger partial charge on any atom is 0.234 e. The fourth-order valence-corrected chi connectivity index (χ4v) is 2.67. The summed E-state index contributed by atoms with van der Waals surface area (Å²) in [5.41, 5.74) is 0. The first-order valence-corrected chi connectivity index (χ1v) is 7.51. The van der Waals surface area contributed by atoms with E-state index in [1.165, 1.54) is 25.7 Å². The lowest BCUT2D eigenvalue weighted by atomic mass is 10.0. The highest BCUT2D eigenvalue weighted by atomic mass is 16.2. The van der Waals surface area contributed by atoms with Crippen molar-refractivity contribution in [3.05, 3.63) is 0 Å². The van der Waals surface area contributed by atoms with Crippen molar-refractivity contribution in [2.24, 2.45) is 5.92 Å². The number of piperidine rings is 1. The monoisotopic (exact) mass is 253 g/mol. The average molecular weight is 253 g/mol. The lowest BCUT2D eigenvalue weighted by Crippen LogP contribution is -2.47. The average Bonchev–Trinajstić information content (AvgIpc) is 3.21. The van der Waals surface area contributed by atoms with E-state index >= 15 is 0 Å². The minimum absolute atomic E-state index is 0.217. The highest BCUT2D eigenvalue weighted by Crippen LogP contribution is 2.27. The lowest BCUT2D eigenvalue weighted by Gasteiger charge is -2.34. The van der Waals surface area contributed by atoms with Crippen molar-refractivity contribution >= 4 is 5.91 Å². The lowest BCUT2D eigenvalue weighted by molar-refractivity contribution is -0.123. The summed E-state index contributed by atoms with van der Waals surface area (Å²) < 4.78 is 0. The topological polar surface area (TPSA) is 44.4 Å². The highest BCUT2D eigenvalue weighted by Gasteiger charge is 2.24. The van der Waals surface area contributed by atoms with E-state index in [0.29, 0.717) is 12.6 Å². The number of rotatable bonds is 7. The first kappa shape index (κ1) is 13.8. The maximum absolute atomic E-state index is 11.9. The zero-order valence-electron chi connectivity index (χ0n) is 11.6. The van der Waals surface area contributed by atoms with E-state index in [1.807, 2.05) is 0 Å². The molecule has 0 spiro atoms. The summed E-state index contributed by atoms with van der Waals surface area (Å²) >= 11 is 0. The molecule has 1 saturated heterocycles. The highest BCUT2D eigenvalue weighted by molar-refractivity contribution is 5.78. The Hall–Kier alpha value is -0.610. The summed E-state index contributed by atoms with van der Waals surface area (Å²) in [4.78, 5) is 14.3. The van der Waals surface area contributed by atoms with E-state index < -0.39 is 0 Å². The minimum atomic E-state index is 0.217. The van der Waals surface area contributed by atoms with Gasteiger partial charge in [-0.3, -0.25) is 9.69 Å². The van der Waals surface area contributed by atoms with E-state index in [4.69, 9.17) is 0 Å². The second kappa shape index (κ2) is 7.10. The van der Waals surface area contributed by atoms with Crippen LogP contribution in [0.4, 0.5) is 0 Å². The molecule has 1 aliphatic heterocycles. The molecule has 18 heavy (non-hydrogen) atoms. The summed E-state index contributed by atoms with van der Waals surface area (Å²) in [6.07, 6.45) is 6.08. The van der Waals surface area contributed by atoms with Crippen LogP contribution in [0.3, 0.4) is 0 Å². The Morgan fingerprint density at radius 1 is 1.28 bits per heavy atom. The van der Waals surface area contributed by atoms with Crippen LogP contribution in [0.15, 0.2) is 0 Å². The largest absolute Gasteiger partial charge is 0.355 e. The van der Waals surface area contributed by atoms with Crippen molar-refractivity contribution in [3.8, 4) is 0 Å². The van der Waals surface area contributed by atoms with Crippen molar-refractivity contribution < 1.29 is 4.79 Å². The number of nitrogens with one attached hydrogen (secondary N) is 2. The van der Waals surface area contributed by atoms with Gasteiger partial charge in [-0.15, -0.1) is 0 Å². The third kappa shape index (κ3) is 4.58. The Balaban J connectivity index is 1.74. The van der Waals surface area contributed by atoms with Crippen molar-refractivity contribution in [1.82, 2.24) is 15.5 Å². The molecule has 0 unspecified atom stereocenters. The summed E-state index contributed by atoms with van der Waals surface area (Å²) in [5.74, 6) is 0.987. The van der Waals surface area contributed by atoms with Crippen LogP contribution < -0.4 is 10.6 Å². The molecule has 0 aromatic rings. The Labute approximate surface area is 110 Å². The molecule has 0 bridgehead atoms. The van der Waals surface area contributed by atoms with E-state index in [-0.39, 0.29) is 5.91 Å². The van der Waals surface area contributed by atoms with Crippen LogP contribution in [0.25, 0.3) is 0 Å². The van der Waals surface area contributed by atoms with Gasteiger partial charge < -0.3 is 10.6 Å². The summed E-state index contributed by atoms with van der Waals surface area (Å²) in [7, 11) is 0. The summed E-state index contributed by atoms with van der Waals surface area (Å²) in [6.45, 7) is 6.90. The number of hydrogen-bond acceptors (Lipinski definition) is 3. The molecule has 2 aliphatic rings. The second-order valence-corrected chi connectivity index (χ2v) is 5.70. The molecule has 2 fully saturated rings. The Bertz CT molecular complexity index is 260. The minimum Gasteiger partial charge on any atom is -0.355 e. The van der Waals surface area contributed by atoms with Crippen LogP contribution in [0, 0.1) is 5.92 Å². The van der Waals surface area contributed by atoms with Crippen LogP contribution in [-0.4, -0.2) is 49.6 Å². The summed E-state index contributed by atoms with van der Waals surface area (Å²) in [5, 5.41) is 6.46. The van der Waals surface area contributed by atoms with Gasteiger partial charge in [0.15, 0.2) is 0 Å². The summed E-state index contributed by atoms with van der Waals surface area (Å²) in [6, 6.07) is 0.595. The number of carbonyl (C=O) groups excluding carboxylic acids is 1. The molecule has 0 aromatic heterocycles. The maximum atomic E-state index is 11.9. The van der Waals surface area contributed by atoms with Crippen LogP contribution in [0.2, 0.25) is 0 Å². The van der Waals surface area contributed by atoms with Gasteiger partial charge in [-0.1, -0.05) is 6.92 Å². The molecule has 2 rings (SSSR count). The third-order valence-corrected chi connectivity index (χ3v) is 3.97. The Kier molecular flexibility index (Phi) is 5.45. The molecule has 0 atom stereocenters. The van der Waals surface area contributed by atoms with Gasteiger partial charge in [0.25, 0.3) is 0 Å². The number of nitrogens with zero attached hydrogens (tertiary/aromatic N) is 1. The molecular formula is C14H27N3O. The predicted molar refractivity (Wildman–Crippen MR) is 73.5 cm³/mol. The molecule has 104 valence electrons. The van der Waals surface area contributed by atoms with Gasteiger partial charge in [-0.05, 0) is 57.7 Å². The van der Waals surface area contributed by atoms with E-state index in [2.05, 4.69) is 22.5 Å². The first-order valence-electron chi connectivity index (χ1n) is 7.51. The number of hydrogen-bond donors (Lipinski definition) is 2. The van der Waals surface area contributed by atoms with Crippen LogP contribution in [0.1, 0.15) is 39.0 Å². The van der Waals surface area contributed by atoms with Gasteiger partial charge in [0.2, 0.25) is 5.91 Å². The second-order valence-electron chi connectivity index (χ2n) is 5.70. The number of amides is 1. The van der Waals surface area contributed by atoms with Gasteiger partial charge in [-0.2, -0.15) is 0 Å². The molecule has 4 heteroatoms. The predicted octanol–water partition coefficient (Wildman–Crippen LogP) is 0.977. The van der Waals surface area contributed by atoms with Crippen LogP contribution in [-0.2, 0) is 4.79 Å². The molecule has 1 aliphatic carbocycles. The SMILES string of the molecule is CCCN(CC(=O)NCC1CC1)C1CCNCC1. The molecular weight excluding hydrogens is 226 g/mol. The molecule has 4 nitrogen and oxygen atoms in total. The van der Waals surface area contributed by atoms with Crippen molar-refractivity contribution in [3.63, 3.8) is 0 Å². The van der Waals surface area contributed by atoms with Gasteiger partial charge in [0.1, 0.15) is 0 Å². The van der Waals surface area contributed by atoms with Gasteiger partial charge in [0, 0.05) is 12.6 Å². The fourth-order valence-electron chi connectivity index (χ4n) is 2.67. The molecule has 1 amide bonds. The Morgan fingerprint density at radius 2 is 2.00 bits per heavy atom. The van der Waals surface area contributed by atoms with Crippen LogP contribution in [0.5, 0.6) is 0 Å². The van der Waals surface area contributed by atoms with Crippen molar-refractivity contribution in [2.75, 3.05) is 32.7 Å². The number of carbonyl (C=O) groups is 1. The van der Waals surface area contributed by atoms with E-state index in [9.17, 15) is 4.79 Å². The molecule has 1 heterocycles.